The van der Waals surface area contributed by atoms with E-state index in [4.69, 9.17) is 27.0 Å². The van der Waals surface area contributed by atoms with E-state index >= 15 is 0 Å². The molecule has 0 saturated carbocycles. The number of hydrogen-bond donors (Lipinski definition) is 2. The van der Waals surface area contributed by atoms with Gasteiger partial charge < -0.3 is 15.4 Å². The quantitative estimate of drug-likeness (QED) is 0.663. The first-order valence-electron chi connectivity index (χ1n) is 4.93. The maximum absolute atomic E-state index is 10.6. The molecule has 0 radical (unpaired) electrons. The van der Waals surface area contributed by atoms with Crippen LogP contribution in [0.15, 0.2) is 33.7 Å². The summed E-state index contributed by atoms with van der Waals surface area (Å²) in [5, 5.41) is 12.7. The summed E-state index contributed by atoms with van der Waals surface area (Å²) in [6, 6.07) is 6.55. The Balaban J connectivity index is 2.06. The Hall–Kier alpha value is -1.66. The fourth-order valence-corrected chi connectivity index (χ4v) is 2.38. The second-order valence-electron chi connectivity index (χ2n) is 3.45. The number of aromatic nitrogens is 1. The summed E-state index contributed by atoms with van der Waals surface area (Å²) in [5.74, 6) is -0.209. The van der Waals surface area contributed by atoms with Crippen molar-refractivity contribution in [2.24, 2.45) is 0 Å². The zero-order chi connectivity index (χ0) is 13.1. The van der Waals surface area contributed by atoms with Gasteiger partial charge in [-0.05, 0) is 18.2 Å². The van der Waals surface area contributed by atoms with Gasteiger partial charge in [0.25, 0.3) is 0 Å². The number of aromatic carboxylic acids is 1. The molecular formula is C11H9ClN2O3S. The number of hydrogen-bond acceptors (Lipinski definition) is 5. The summed E-state index contributed by atoms with van der Waals surface area (Å²) in [7, 11) is 0. The number of carboxylic acids is 1. The molecular weight excluding hydrogens is 276 g/mol. The zero-order valence-corrected chi connectivity index (χ0v) is 10.7. The molecule has 0 bridgehead atoms. The van der Waals surface area contributed by atoms with Gasteiger partial charge >= 0.3 is 5.97 Å². The van der Waals surface area contributed by atoms with Crippen molar-refractivity contribution in [1.82, 2.24) is 5.16 Å². The normalized spacial score (nSPS) is 10.5. The second-order valence-corrected chi connectivity index (χ2v) is 4.91. The molecule has 94 valence electrons. The first-order chi connectivity index (χ1) is 8.56. The number of rotatable bonds is 4. The summed E-state index contributed by atoms with van der Waals surface area (Å²) in [5.41, 5.74) is 6.29. The van der Waals surface area contributed by atoms with E-state index in [1.165, 1.54) is 17.8 Å². The fourth-order valence-electron chi connectivity index (χ4n) is 1.26. The Morgan fingerprint density at radius 2 is 2.28 bits per heavy atom. The molecule has 0 spiro atoms. The number of nitrogens with zero attached hydrogens (tertiary/aromatic N) is 1. The van der Waals surface area contributed by atoms with Crippen LogP contribution in [0.2, 0.25) is 5.02 Å². The SMILES string of the molecule is Nc1ccc(Cl)cc1SCc1cc(C(=O)O)no1. The van der Waals surface area contributed by atoms with Gasteiger partial charge in [-0.3, -0.25) is 0 Å². The Morgan fingerprint density at radius 1 is 1.50 bits per heavy atom. The van der Waals surface area contributed by atoms with Gasteiger partial charge in [-0.2, -0.15) is 0 Å². The van der Waals surface area contributed by atoms with Crippen molar-refractivity contribution in [2.45, 2.75) is 10.6 Å². The molecule has 0 aliphatic carbocycles. The van der Waals surface area contributed by atoms with Crippen LogP contribution in [0, 0.1) is 0 Å². The number of halogens is 1. The summed E-state index contributed by atoms with van der Waals surface area (Å²) in [6.07, 6.45) is 0. The number of carbonyl (C=O) groups is 1. The first kappa shape index (κ1) is 12.8. The van der Waals surface area contributed by atoms with Crippen molar-refractivity contribution in [3.63, 3.8) is 0 Å². The average Bonchev–Trinajstić information content (AvgIpc) is 2.79. The Morgan fingerprint density at radius 3 is 2.94 bits per heavy atom. The first-order valence-corrected chi connectivity index (χ1v) is 6.29. The van der Waals surface area contributed by atoms with Gasteiger partial charge in [0.15, 0.2) is 5.69 Å². The molecule has 7 heteroatoms. The maximum Gasteiger partial charge on any atom is 0.358 e. The second kappa shape index (κ2) is 5.32. The highest BCUT2D eigenvalue weighted by Gasteiger charge is 2.11. The van der Waals surface area contributed by atoms with Gasteiger partial charge in [0, 0.05) is 21.7 Å². The average molecular weight is 285 g/mol. The van der Waals surface area contributed by atoms with Gasteiger partial charge in [-0.1, -0.05) is 16.8 Å². The summed E-state index contributed by atoms with van der Waals surface area (Å²) >= 11 is 7.27. The minimum atomic E-state index is -1.11. The van der Waals surface area contributed by atoms with Crippen molar-refractivity contribution in [3.05, 3.63) is 40.7 Å². The lowest BCUT2D eigenvalue weighted by atomic mass is 10.3. The lowest BCUT2D eigenvalue weighted by Gasteiger charge is -2.03. The van der Waals surface area contributed by atoms with Crippen LogP contribution >= 0.6 is 23.4 Å². The van der Waals surface area contributed by atoms with E-state index in [9.17, 15) is 4.79 Å². The van der Waals surface area contributed by atoms with Crippen LogP contribution in [0.25, 0.3) is 0 Å². The van der Waals surface area contributed by atoms with Crippen LogP contribution in [-0.4, -0.2) is 16.2 Å². The van der Waals surface area contributed by atoms with E-state index in [1.807, 2.05) is 0 Å². The van der Waals surface area contributed by atoms with Crippen LogP contribution in [-0.2, 0) is 5.75 Å². The molecule has 3 N–H and O–H groups in total. The van der Waals surface area contributed by atoms with Gasteiger partial charge in [-0.25, -0.2) is 4.79 Å². The molecule has 1 aromatic carbocycles. The third-order valence-electron chi connectivity index (χ3n) is 2.12. The number of nitrogens with two attached hydrogens (primary N) is 1. The summed E-state index contributed by atoms with van der Waals surface area (Å²) in [6.45, 7) is 0. The Kier molecular flexibility index (Phi) is 3.78. The van der Waals surface area contributed by atoms with Gasteiger partial charge in [0.1, 0.15) is 5.76 Å². The number of nitrogen functional groups attached to an aromatic ring is 1. The Bertz CT molecular complexity index is 585. The van der Waals surface area contributed by atoms with Crippen molar-refractivity contribution >= 4 is 35.0 Å². The molecule has 0 atom stereocenters. The minimum absolute atomic E-state index is 0.107. The highest BCUT2D eigenvalue weighted by atomic mass is 35.5. The van der Waals surface area contributed by atoms with Crippen LogP contribution in [0.5, 0.6) is 0 Å². The van der Waals surface area contributed by atoms with Crippen LogP contribution < -0.4 is 5.73 Å². The fraction of sp³-hybridized carbons (Fsp3) is 0.0909. The van der Waals surface area contributed by atoms with Crippen molar-refractivity contribution in [3.8, 4) is 0 Å². The topological polar surface area (TPSA) is 89.4 Å². The molecule has 0 unspecified atom stereocenters. The van der Waals surface area contributed by atoms with E-state index in [0.717, 1.165) is 4.90 Å². The lowest BCUT2D eigenvalue weighted by Crippen LogP contribution is -1.94. The minimum Gasteiger partial charge on any atom is -0.476 e. The number of thioether (sulfide) groups is 1. The van der Waals surface area contributed by atoms with Crippen molar-refractivity contribution in [1.29, 1.82) is 0 Å². The molecule has 2 rings (SSSR count). The monoisotopic (exact) mass is 284 g/mol. The Labute approximate surface area is 112 Å². The van der Waals surface area contributed by atoms with E-state index in [-0.39, 0.29) is 5.69 Å². The van der Waals surface area contributed by atoms with E-state index in [2.05, 4.69) is 5.16 Å². The molecule has 0 amide bonds. The van der Waals surface area contributed by atoms with Crippen molar-refractivity contribution in [2.75, 3.05) is 5.73 Å². The third kappa shape index (κ3) is 2.96. The van der Waals surface area contributed by atoms with E-state index in [1.54, 1.807) is 18.2 Å². The highest BCUT2D eigenvalue weighted by Crippen LogP contribution is 2.30. The van der Waals surface area contributed by atoms with Gasteiger partial charge in [-0.15, -0.1) is 11.8 Å². The molecule has 0 fully saturated rings. The highest BCUT2D eigenvalue weighted by molar-refractivity contribution is 7.98. The molecule has 0 aliphatic rings. The van der Waals surface area contributed by atoms with Crippen LogP contribution in [0.4, 0.5) is 5.69 Å². The standard InChI is InChI=1S/C11H9ClN2O3S/c12-6-1-2-8(13)10(3-6)18-5-7-4-9(11(15)16)14-17-7/h1-4H,5,13H2,(H,15,16). The molecule has 2 aromatic rings. The van der Waals surface area contributed by atoms with E-state index < -0.39 is 5.97 Å². The third-order valence-corrected chi connectivity index (χ3v) is 3.45. The molecule has 18 heavy (non-hydrogen) atoms. The molecule has 0 aliphatic heterocycles. The largest absolute Gasteiger partial charge is 0.476 e. The van der Waals surface area contributed by atoms with Crippen LogP contribution in [0.1, 0.15) is 16.2 Å². The van der Waals surface area contributed by atoms with E-state index in [0.29, 0.717) is 22.2 Å². The zero-order valence-electron chi connectivity index (χ0n) is 9.09. The van der Waals surface area contributed by atoms with Gasteiger partial charge in [0.2, 0.25) is 0 Å². The number of anilines is 1. The predicted molar refractivity (Wildman–Crippen MR) is 68.9 cm³/mol. The predicted octanol–water partition coefficient (Wildman–Crippen LogP) is 2.90. The van der Waals surface area contributed by atoms with Gasteiger partial charge in [0.05, 0.1) is 5.75 Å². The number of carboxylic acid groups (broad SMARTS) is 1. The smallest absolute Gasteiger partial charge is 0.358 e. The molecule has 0 saturated heterocycles. The van der Waals surface area contributed by atoms with Crippen LogP contribution in [0.3, 0.4) is 0 Å². The summed E-state index contributed by atoms with van der Waals surface area (Å²) < 4.78 is 4.89. The number of benzene rings is 1. The molecule has 1 heterocycles. The summed E-state index contributed by atoms with van der Waals surface area (Å²) in [4.78, 5) is 11.4. The lowest BCUT2D eigenvalue weighted by molar-refractivity contribution is 0.0685. The molecule has 5 nitrogen and oxygen atoms in total. The molecule has 1 aromatic heterocycles. The maximum atomic E-state index is 10.6. The van der Waals surface area contributed by atoms with Crippen molar-refractivity contribution < 1.29 is 14.4 Å².